The first-order chi connectivity index (χ1) is 8.83. The van der Waals surface area contributed by atoms with Crippen molar-refractivity contribution < 1.29 is 14.3 Å². The molecule has 5 heteroatoms. The van der Waals surface area contributed by atoms with Gasteiger partial charge in [0, 0.05) is 12.6 Å². The third-order valence-electron chi connectivity index (χ3n) is 2.98. The van der Waals surface area contributed by atoms with Gasteiger partial charge in [-0.3, -0.25) is 4.79 Å². The lowest BCUT2D eigenvalue weighted by Crippen LogP contribution is -2.45. The van der Waals surface area contributed by atoms with E-state index in [-0.39, 0.29) is 17.9 Å². The molecule has 108 valence electrons. The second kappa shape index (κ2) is 6.59. The van der Waals surface area contributed by atoms with Gasteiger partial charge < -0.3 is 15.4 Å². The van der Waals surface area contributed by atoms with Gasteiger partial charge in [0.05, 0.1) is 5.92 Å². The first-order valence-corrected chi connectivity index (χ1v) is 6.71. The van der Waals surface area contributed by atoms with Crippen LogP contribution in [0.25, 0.3) is 0 Å². The summed E-state index contributed by atoms with van der Waals surface area (Å²) in [6.45, 7) is 9.46. The molecule has 1 saturated carbocycles. The largest absolute Gasteiger partial charge is 0.444 e. The average Bonchev–Trinajstić information content (AvgIpc) is 2.71. The van der Waals surface area contributed by atoms with E-state index in [4.69, 9.17) is 4.74 Å². The van der Waals surface area contributed by atoms with Gasteiger partial charge in [0.1, 0.15) is 5.60 Å². The van der Waals surface area contributed by atoms with Crippen LogP contribution in [0.2, 0.25) is 0 Å². The van der Waals surface area contributed by atoms with Crippen LogP contribution in [-0.4, -0.2) is 30.2 Å². The Morgan fingerprint density at radius 3 is 2.63 bits per heavy atom. The van der Waals surface area contributed by atoms with Crippen LogP contribution >= 0.6 is 0 Å². The first kappa shape index (κ1) is 15.5. The van der Waals surface area contributed by atoms with Crippen molar-refractivity contribution in [2.45, 2.75) is 51.7 Å². The zero-order valence-electron chi connectivity index (χ0n) is 12.0. The fourth-order valence-electron chi connectivity index (χ4n) is 2.21. The van der Waals surface area contributed by atoms with Crippen LogP contribution < -0.4 is 10.6 Å². The second-order valence-electron chi connectivity index (χ2n) is 5.82. The molecule has 2 N–H and O–H groups in total. The number of hydrogen-bond donors (Lipinski definition) is 2. The third-order valence-corrected chi connectivity index (χ3v) is 2.98. The lowest BCUT2D eigenvalue weighted by Gasteiger charge is -2.24. The van der Waals surface area contributed by atoms with Crippen molar-refractivity contribution in [3.63, 3.8) is 0 Å². The zero-order chi connectivity index (χ0) is 14.5. The summed E-state index contributed by atoms with van der Waals surface area (Å²) >= 11 is 0. The van der Waals surface area contributed by atoms with Crippen LogP contribution in [0.4, 0.5) is 4.79 Å². The average molecular weight is 268 g/mol. The smallest absolute Gasteiger partial charge is 0.407 e. The Kier molecular flexibility index (Phi) is 5.39. The molecule has 1 fully saturated rings. The number of carbonyl (C=O) groups is 2. The van der Waals surface area contributed by atoms with Gasteiger partial charge in [-0.2, -0.15) is 0 Å². The van der Waals surface area contributed by atoms with E-state index in [2.05, 4.69) is 17.2 Å². The van der Waals surface area contributed by atoms with Crippen molar-refractivity contribution in [2.75, 3.05) is 6.54 Å². The highest BCUT2D eigenvalue weighted by atomic mass is 16.6. The maximum atomic E-state index is 11.9. The maximum Gasteiger partial charge on any atom is 0.407 e. The highest BCUT2D eigenvalue weighted by Gasteiger charge is 2.34. The van der Waals surface area contributed by atoms with Gasteiger partial charge in [-0.1, -0.05) is 12.5 Å². The topological polar surface area (TPSA) is 67.4 Å². The SMILES string of the molecule is C=CCNC(=O)[C@H]1CCC[C@@H]1NC(=O)OC(C)(C)C. The summed E-state index contributed by atoms with van der Waals surface area (Å²) in [6, 6.07) is -0.139. The molecule has 1 rings (SSSR count). The molecule has 0 aromatic heterocycles. The summed E-state index contributed by atoms with van der Waals surface area (Å²) < 4.78 is 5.21. The molecule has 0 saturated heterocycles. The Balaban J connectivity index is 2.50. The monoisotopic (exact) mass is 268 g/mol. The number of hydrogen-bond acceptors (Lipinski definition) is 3. The lowest BCUT2D eigenvalue weighted by molar-refractivity contribution is -0.125. The number of nitrogens with one attached hydrogen (secondary N) is 2. The molecule has 0 unspecified atom stereocenters. The number of ether oxygens (including phenoxy) is 1. The van der Waals surface area contributed by atoms with E-state index in [0.717, 1.165) is 19.3 Å². The van der Waals surface area contributed by atoms with Gasteiger partial charge in [0.25, 0.3) is 0 Å². The van der Waals surface area contributed by atoms with Gasteiger partial charge in [-0.25, -0.2) is 4.79 Å². The van der Waals surface area contributed by atoms with E-state index < -0.39 is 11.7 Å². The van der Waals surface area contributed by atoms with Gasteiger partial charge >= 0.3 is 6.09 Å². The normalized spacial score (nSPS) is 22.7. The van der Waals surface area contributed by atoms with E-state index in [1.165, 1.54) is 0 Å². The summed E-state index contributed by atoms with van der Waals surface area (Å²) in [5.41, 5.74) is -0.525. The fraction of sp³-hybridized carbons (Fsp3) is 0.714. The fourth-order valence-corrected chi connectivity index (χ4v) is 2.21. The standard InChI is InChI=1S/C14H24N2O3/c1-5-9-15-12(17)10-7-6-8-11(10)16-13(18)19-14(2,3)4/h5,10-11H,1,6-9H2,2-4H3,(H,15,17)(H,16,18)/t10-,11-/m0/s1. The molecule has 1 aliphatic rings. The van der Waals surface area contributed by atoms with Crippen molar-refractivity contribution in [1.29, 1.82) is 0 Å². The van der Waals surface area contributed by atoms with E-state index in [9.17, 15) is 9.59 Å². The summed E-state index contributed by atoms with van der Waals surface area (Å²) in [5.74, 6) is -0.203. The number of amides is 2. The van der Waals surface area contributed by atoms with Gasteiger partial charge in [-0.05, 0) is 33.6 Å². The molecule has 0 spiro atoms. The van der Waals surface area contributed by atoms with E-state index >= 15 is 0 Å². The highest BCUT2D eigenvalue weighted by Crippen LogP contribution is 2.26. The minimum Gasteiger partial charge on any atom is -0.444 e. The lowest BCUT2D eigenvalue weighted by atomic mass is 10.0. The summed E-state index contributed by atoms with van der Waals surface area (Å²) in [6.07, 6.45) is 3.73. The van der Waals surface area contributed by atoms with Crippen LogP contribution in [0, 0.1) is 5.92 Å². The molecule has 5 nitrogen and oxygen atoms in total. The molecule has 0 aromatic rings. The van der Waals surface area contributed by atoms with Crippen molar-refractivity contribution in [3.05, 3.63) is 12.7 Å². The second-order valence-corrected chi connectivity index (χ2v) is 5.82. The highest BCUT2D eigenvalue weighted by molar-refractivity contribution is 5.80. The molecule has 0 aromatic carbocycles. The zero-order valence-corrected chi connectivity index (χ0v) is 12.0. The van der Waals surface area contributed by atoms with E-state index in [1.807, 2.05) is 20.8 Å². The Labute approximate surface area is 114 Å². The minimum atomic E-state index is -0.525. The Morgan fingerprint density at radius 2 is 2.05 bits per heavy atom. The molecule has 1 aliphatic carbocycles. The molecule has 0 bridgehead atoms. The molecule has 0 heterocycles. The van der Waals surface area contributed by atoms with Gasteiger partial charge in [-0.15, -0.1) is 6.58 Å². The molecule has 0 radical (unpaired) electrons. The quantitative estimate of drug-likeness (QED) is 0.766. The minimum absolute atomic E-state index is 0.0292. The maximum absolute atomic E-state index is 11.9. The van der Waals surface area contributed by atoms with Gasteiger partial charge in [0.2, 0.25) is 5.91 Å². The van der Waals surface area contributed by atoms with E-state index in [0.29, 0.717) is 6.54 Å². The van der Waals surface area contributed by atoms with Crippen LogP contribution in [0.5, 0.6) is 0 Å². The Morgan fingerprint density at radius 1 is 1.37 bits per heavy atom. The number of alkyl carbamates (subject to hydrolysis) is 1. The molecule has 19 heavy (non-hydrogen) atoms. The van der Waals surface area contributed by atoms with Crippen LogP contribution in [0.1, 0.15) is 40.0 Å². The van der Waals surface area contributed by atoms with Crippen LogP contribution in [0.15, 0.2) is 12.7 Å². The van der Waals surface area contributed by atoms with Gasteiger partial charge in [0.15, 0.2) is 0 Å². The van der Waals surface area contributed by atoms with E-state index in [1.54, 1.807) is 6.08 Å². The Hall–Kier alpha value is -1.52. The Bertz CT molecular complexity index is 347. The number of carbonyl (C=O) groups excluding carboxylic acids is 2. The molecular weight excluding hydrogens is 244 g/mol. The summed E-state index contributed by atoms with van der Waals surface area (Å²) in [7, 11) is 0. The van der Waals surface area contributed by atoms with Crippen LogP contribution in [-0.2, 0) is 9.53 Å². The predicted octanol–water partition coefficient (Wildman–Crippen LogP) is 1.98. The molecule has 0 aliphatic heterocycles. The molecule has 2 amide bonds. The molecular formula is C14H24N2O3. The summed E-state index contributed by atoms with van der Waals surface area (Å²) in [5, 5.41) is 5.57. The summed E-state index contributed by atoms with van der Waals surface area (Å²) in [4.78, 5) is 23.6. The van der Waals surface area contributed by atoms with Crippen molar-refractivity contribution in [2.24, 2.45) is 5.92 Å². The first-order valence-electron chi connectivity index (χ1n) is 6.71. The number of rotatable bonds is 4. The van der Waals surface area contributed by atoms with Crippen molar-refractivity contribution in [3.8, 4) is 0 Å². The predicted molar refractivity (Wildman–Crippen MR) is 73.7 cm³/mol. The molecule has 2 atom stereocenters. The van der Waals surface area contributed by atoms with Crippen LogP contribution in [0.3, 0.4) is 0 Å². The van der Waals surface area contributed by atoms with Crippen molar-refractivity contribution >= 4 is 12.0 Å². The van der Waals surface area contributed by atoms with Crippen molar-refractivity contribution in [1.82, 2.24) is 10.6 Å². The third kappa shape index (κ3) is 5.32.